The summed E-state index contributed by atoms with van der Waals surface area (Å²) in [5.74, 6) is 0. The maximum atomic E-state index is 11.6. The van der Waals surface area contributed by atoms with Gasteiger partial charge in [-0.25, -0.2) is 16.8 Å². The number of aromatic nitrogens is 1. The second kappa shape index (κ2) is 12.8. The summed E-state index contributed by atoms with van der Waals surface area (Å²) < 4.78 is 45.2. The van der Waals surface area contributed by atoms with Crippen molar-refractivity contribution < 1.29 is 26.9 Å². The van der Waals surface area contributed by atoms with Gasteiger partial charge in [-0.3, -0.25) is 4.98 Å². The number of likely N-dealkylation sites (tertiary alicyclic amines) is 1. The molecule has 2 N–H and O–H groups in total. The van der Waals surface area contributed by atoms with Gasteiger partial charge in [-0.1, -0.05) is 36.4 Å². The molecule has 1 saturated heterocycles. The lowest BCUT2D eigenvalue weighted by atomic mass is 9.81. The maximum Gasteiger partial charge on any atom is 0.488 e. The molecule has 0 bridgehead atoms. The largest absolute Gasteiger partial charge is 0.488 e. The summed E-state index contributed by atoms with van der Waals surface area (Å²) in [4.78, 5) is 7.89. The van der Waals surface area contributed by atoms with E-state index >= 15 is 0 Å². The summed E-state index contributed by atoms with van der Waals surface area (Å²) in [5, 5.41) is 18.5. The van der Waals surface area contributed by atoms with E-state index in [1.54, 1.807) is 12.1 Å². The predicted octanol–water partition coefficient (Wildman–Crippen LogP) is 3.10. The summed E-state index contributed by atoms with van der Waals surface area (Å²) in [6.45, 7) is 4.59. The third-order valence-corrected chi connectivity index (χ3v) is 9.57. The number of hydrogen-bond donors (Lipinski definition) is 2. The Balaban J connectivity index is 0.000000251. The van der Waals surface area contributed by atoms with E-state index in [0.29, 0.717) is 10.9 Å². The van der Waals surface area contributed by atoms with E-state index in [9.17, 15) is 16.8 Å². The molecule has 1 aliphatic heterocycles. The van der Waals surface area contributed by atoms with Crippen molar-refractivity contribution in [2.24, 2.45) is 0 Å². The van der Waals surface area contributed by atoms with Crippen LogP contribution in [0.15, 0.2) is 88.7 Å². The van der Waals surface area contributed by atoms with Crippen LogP contribution >= 0.6 is 0 Å². The van der Waals surface area contributed by atoms with Crippen molar-refractivity contribution in [3.63, 3.8) is 0 Å². The van der Waals surface area contributed by atoms with Crippen molar-refractivity contribution in [2.75, 3.05) is 25.6 Å². The number of pyridine rings is 1. The van der Waals surface area contributed by atoms with Crippen LogP contribution in [0, 0.1) is 0 Å². The Labute approximate surface area is 242 Å². The molecule has 0 saturated carbocycles. The van der Waals surface area contributed by atoms with E-state index in [2.05, 4.69) is 42.2 Å². The fourth-order valence-electron chi connectivity index (χ4n) is 4.85. The zero-order valence-corrected chi connectivity index (χ0v) is 25.1. The van der Waals surface area contributed by atoms with Crippen LogP contribution in [-0.2, 0) is 26.1 Å². The summed E-state index contributed by atoms with van der Waals surface area (Å²) in [7, 11) is -7.94. The highest BCUT2D eigenvalue weighted by Crippen LogP contribution is 2.25. The average molecular weight is 595 g/mol. The summed E-state index contributed by atoms with van der Waals surface area (Å²) in [5.41, 5.74) is 4.47. The van der Waals surface area contributed by atoms with E-state index in [1.165, 1.54) is 49.9 Å². The van der Waals surface area contributed by atoms with Crippen LogP contribution in [0.5, 0.6) is 0 Å². The molecule has 216 valence electrons. The lowest BCUT2D eigenvalue weighted by molar-refractivity contribution is 0.271. The van der Waals surface area contributed by atoms with E-state index in [4.69, 9.17) is 15.0 Å². The Morgan fingerprint density at radius 1 is 0.829 bits per heavy atom. The minimum atomic E-state index is -3.21. The average Bonchev–Trinajstić information content (AvgIpc) is 3.35. The summed E-state index contributed by atoms with van der Waals surface area (Å²) in [6, 6.07) is 23.6. The zero-order chi connectivity index (χ0) is 29.8. The topological polar surface area (TPSA) is 125 Å². The molecule has 0 unspecified atom stereocenters. The Bertz CT molecular complexity index is 1710. The van der Waals surface area contributed by atoms with Crippen molar-refractivity contribution in [2.45, 2.75) is 42.0 Å². The molecule has 0 spiro atoms. The van der Waals surface area contributed by atoms with Crippen molar-refractivity contribution in [3.05, 3.63) is 84.6 Å². The Kier molecular flexibility index (Phi) is 9.66. The first-order valence-corrected chi connectivity index (χ1v) is 17.2. The smallest absolute Gasteiger partial charge is 0.423 e. The van der Waals surface area contributed by atoms with Crippen molar-refractivity contribution in [1.29, 1.82) is 0 Å². The molecule has 3 aromatic carbocycles. The number of sulfone groups is 2. The first kappa shape index (κ1) is 30.9. The second-order valence-corrected chi connectivity index (χ2v) is 14.5. The molecule has 4 aromatic rings. The first-order valence-electron chi connectivity index (χ1n) is 13.4. The Hall–Kier alpha value is -3.09. The SMILES string of the molecule is CS(=O)(=O)c1ccc(B(O)O)cc1.C[C@@H]1CCCN1CCc1ccc2cc(-c3ccc(S(C)(=O)=O)cc3)ccc2n1. The van der Waals surface area contributed by atoms with Gasteiger partial charge in [-0.05, 0) is 85.4 Å². The van der Waals surface area contributed by atoms with Gasteiger partial charge < -0.3 is 14.9 Å². The standard InChI is InChI=1S/C23H26N2O2S.C7H9BO4S/c1-17-4-3-14-25(17)15-13-21-9-5-20-16-19(8-12-23(20)24-21)18-6-10-22(11-7-18)28(2,26)27;1-13(11,12)7-4-2-6(3-5-7)8(9)10/h5-12,16-17H,3-4,13-15H2,1-2H3;2-5,9-10H,1H3/t17-;/m1./s1. The first-order chi connectivity index (χ1) is 19.3. The molecule has 1 aliphatic rings. The van der Waals surface area contributed by atoms with Crippen molar-refractivity contribution >= 4 is 43.2 Å². The fourth-order valence-corrected chi connectivity index (χ4v) is 6.11. The molecule has 1 aromatic heterocycles. The Morgan fingerprint density at radius 2 is 1.41 bits per heavy atom. The second-order valence-electron chi connectivity index (χ2n) is 10.5. The van der Waals surface area contributed by atoms with Crippen LogP contribution in [-0.4, -0.2) is 75.5 Å². The van der Waals surface area contributed by atoms with Crippen LogP contribution in [0.1, 0.15) is 25.5 Å². The van der Waals surface area contributed by atoms with Crippen LogP contribution in [0.25, 0.3) is 22.0 Å². The lowest BCUT2D eigenvalue weighted by Crippen LogP contribution is -2.29. The summed E-state index contributed by atoms with van der Waals surface area (Å²) in [6.07, 6.45) is 5.91. The third kappa shape index (κ3) is 8.24. The number of rotatable bonds is 7. The van der Waals surface area contributed by atoms with Crippen molar-refractivity contribution in [1.82, 2.24) is 9.88 Å². The van der Waals surface area contributed by atoms with Gasteiger partial charge in [0.15, 0.2) is 19.7 Å². The normalized spacial score (nSPS) is 15.9. The molecule has 1 fully saturated rings. The molecule has 1 atom stereocenters. The van der Waals surface area contributed by atoms with Crippen LogP contribution in [0.4, 0.5) is 0 Å². The predicted molar refractivity (Wildman–Crippen MR) is 164 cm³/mol. The molecular formula is C30H35BN2O6S2. The maximum absolute atomic E-state index is 11.6. The number of fused-ring (bicyclic) bond motifs is 1. The number of benzene rings is 3. The summed E-state index contributed by atoms with van der Waals surface area (Å²) >= 11 is 0. The zero-order valence-electron chi connectivity index (χ0n) is 23.4. The molecule has 11 heteroatoms. The molecule has 5 rings (SSSR count). The molecular weight excluding hydrogens is 559 g/mol. The minimum Gasteiger partial charge on any atom is -0.423 e. The highest BCUT2D eigenvalue weighted by Gasteiger charge is 2.19. The monoisotopic (exact) mass is 594 g/mol. The third-order valence-electron chi connectivity index (χ3n) is 7.31. The van der Waals surface area contributed by atoms with E-state index < -0.39 is 26.8 Å². The van der Waals surface area contributed by atoms with Gasteiger partial charge >= 0.3 is 7.12 Å². The van der Waals surface area contributed by atoms with Crippen LogP contribution in [0.2, 0.25) is 0 Å². The van der Waals surface area contributed by atoms with E-state index in [1.807, 2.05) is 12.1 Å². The van der Waals surface area contributed by atoms with Gasteiger partial charge in [-0.2, -0.15) is 0 Å². The molecule has 0 amide bonds. The van der Waals surface area contributed by atoms with Gasteiger partial charge in [0.1, 0.15) is 0 Å². The van der Waals surface area contributed by atoms with E-state index in [-0.39, 0.29) is 10.4 Å². The Morgan fingerprint density at radius 3 is 1.95 bits per heavy atom. The molecule has 2 heterocycles. The highest BCUT2D eigenvalue weighted by atomic mass is 32.2. The lowest BCUT2D eigenvalue weighted by Gasteiger charge is -2.20. The van der Waals surface area contributed by atoms with Gasteiger partial charge in [0.25, 0.3) is 0 Å². The number of hydrogen-bond acceptors (Lipinski definition) is 8. The van der Waals surface area contributed by atoms with Gasteiger partial charge in [0, 0.05) is 42.6 Å². The quantitative estimate of drug-likeness (QED) is 0.313. The fraction of sp³-hybridized carbons (Fsp3) is 0.300. The number of nitrogens with zero attached hydrogens (tertiary/aromatic N) is 2. The molecule has 0 radical (unpaired) electrons. The van der Waals surface area contributed by atoms with Gasteiger partial charge in [0.2, 0.25) is 0 Å². The highest BCUT2D eigenvalue weighted by molar-refractivity contribution is 7.91. The minimum absolute atomic E-state index is 0.164. The van der Waals surface area contributed by atoms with Crippen LogP contribution in [0.3, 0.4) is 0 Å². The van der Waals surface area contributed by atoms with Gasteiger partial charge in [0.05, 0.1) is 15.3 Å². The molecule has 0 aliphatic carbocycles. The van der Waals surface area contributed by atoms with Crippen LogP contribution < -0.4 is 5.46 Å². The molecule has 8 nitrogen and oxygen atoms in total. The van der Waals surface area contributed by atoms with Crippen molar-refractivity contribution in [3.8, 4) is 11.1 Å². The molecule has 41 heavy (non-hydrogen) atoms. The van der Waals surface area contributed by atoms with Gasteiger partial charge in [-0.15, -0.1) is 0 Å². The van der Waals surface area contributed by atoms with E-state index in [0.717, 1.165) is 46.9 Å².